The molecule has 3 nitrogen and oxygen atoms in total. The monoisotopic (exact) mass is 305 g/mol. The van der Waals surface area contributed by atoms with E-state index in [1.54, 1.807) is 23.1 Å². The summed E-state index contributed by atoms with van der Waals surface area (Å²) in [5.74, 6) is 0.669. The Hall–Kier alpha value is -1.30. The molecule has 0 spiro atoms. The van der Waals surface area contributed by atoms with Gasteiger partial charge in [-0.25, -0.2) is 0 Å². The standard InChI is InChI=1S/C15H15NO2S2/c17-13(10-5-6-19-8-10)7-16-15(18)12-9-20-14-4-2-1-3-11(12)14/h1-6,8,12-13,17H,7,9H2,(H,16,18). The fourth-order valence-electron chi connectivity index (χ4n) is 2.28. The second-order valence-electron chi connectivity index (χ2n) is 4.72. The van der Waals surface area contributed by atoms with E-state index in [-0.39, 0.29) is 18.4 Å². The lowest BCUT2D eigenvalue weighted by atomic mass is 10.0. The van der Waals surface area contributed by atoms with Crippen LogP contribution >= 0.6 is 23.1 Å². The van der Waals surface area contributed by atoms with Crippen LogP contribution in [0.25, 0.3) is 0 Å². The zero-order valence-corrected chi connectivity index (χ0v) is 12.4. The highest BCUT2D eigenvalue weighted by molar-refractivity contribution is 7.99. The minimum absolute atomic E-state index is 0.00303. The number of thiophene rings is 1. The van der Waals surface area contributed by atoms with E-state index in [9.17, 15) is 9.90 Å². The molecule has 1 aromatic heterocycles. The van der Waals surface area contributed by atoms with Gasteiger partial charge in [-0.1, -0.05) is 18.2 Å². The molecule has 1 aliphatic rings. The van der Waals surface area contributed by atoms with Crippen molar-refractivity contribution in [3.63, 3.8) is 0 Å². The maximum atomic E-state index is 12.2. The third-order valence-corrected chi connectivity index (χ3v) is 5.30. The summed E-state index contributed by atoms with van der Waals surface area (Å²) in [6, 6.07) is 9.89. The molecule has 1 aliphatic heterocycles. The van der Waals surface area contributed by atoms with E-state index < -0.39 is 6.10 Å². The zero-order valence-electron chi connectivity index (χ0n) is 10.8. The Morgan fingerprint density at radius 3 is 3.05 bits per heavy atom. The molecule has 2 N–H and O–H groups in total. The van der Waals surface area contributed by atoms with Gasteiger partial charge in [-0.2, -0.15) is 11.3 Å². The largest absolute Gasteiger partial charge is 0.387 e. The van der Waals surface area contributed by atoms with Gasteiger partial charge < -0.3 is 10.4 Å². The number of benzene rings is 1. The van der Waals surface area contributed by atoms with Crippen molar-refractivity contribution in [1.29, 1.82) is 0 Å². The Bertz CT molecular complexity index is 598. The third-order valence-electron chi connectivity index (χ3n) is 3.41. The Morgan fingerprint density at radius 2 is 2.25 bits per heavy atom. The van der Waals surface area contributed by atoms with Crippen LogP contribution in [0.2, 0.25) is 0 Å². The Morgan fingerprint density at radius 1 is 1.40 bits per heavy atom. The van der Waals surface area contributed by atoms with Crippen molar-refractivity contribution >= 4 is 29.0 Å². The molecule has 0 bridgehead atoms. The molecule has 3 rings (SSSR count). The van der Waals surface area contributed by atoms with Crippen molar-refractivity contribution in [3.05, 3.63) is 52.2 Å². The molecule has 2 aromatic rings. The predicted octanol–water partition coefficient (Wildman–Crippen LogP) is 2.79. The van der Waals surface area contributed by atoms with E-state index in [1.807, 2.05) is 41.1 Å². The number of thioether (sulfide) groups is 1. The van der Waals surface area contributed by atoms with E-state index in [1.165, 1.54) is 4.90 Å². The summed E-state index contributed by atoms with van der Waals surface area (Å²) in [7, 11) is 0. The molecule has 104 valence electrons. The first-order chi connectivity index (χ1) is 9.75. The fraction of sp³-hybridized carbons (Fsp3) is 0.267. The zero-order chi connectivity index (χ0) is 13.9. The first-order valence-corrected chi connectivity index (χ1v) is 8.38. The Kier molecular flexibility index (Phi) is 4.10. The van der Waals surface area contributed by atoms with Crippen LogP contribution in [-0.4, -0.2) is 23.3 Å². The number of aliphatic hydroxyl groups is 1. The summed E-state index contributed by atoms with van der Waals surface area (Å²) in [5.41, 5.74) is 1.96. The van der Waals surface area contributed by atoms with Crippen molar-refractivity contribution in [1.82, 2.24) is 5.32 Å². The summed E-state index contributed by atoms with van der Waals surface area (Å²) in [6.45, 7) is 0.263. The van der Waals surface area contributed by atoms with Crippen molar-refractivity contribution in [2.75, 3.05) is 12.3 Å². The summed E-state index contributed by atoms with van der Waals surface area (Å²) < 4.78 is 0. The van der Waals surface area contributed by atoms with Gasteiger partial charge in [0.1, 0.15) is 0 Å². The fourth-order valence-corrected chi connectivity index (χ4v) is 4.22. The summed E-state index contributed by atoms with van der Waals surface area (Å²) in [6.07, 6.45) is -0.630. The molecule has 2 atom stereocenters. The van der Waals surface area contributed by atoms with Gasteiger partial charge in [0, 0.05) is 17.2 Å². The van der Waals surface area contributed by atoms with Crippen LogP contribution in [0.15, 0.2) is 46.0 Å². The van der Waals surface area contributed by atoms with Gasteiger partial charge in [0.05, 0.1) is 12.0 Å². The third kappa shape index (κ3) is 2.75. The first kappa shape index (κ1) is 13.7. The van der Waals surface area contributed by atoms with Crippen LogP contribution in [0.1, 0.15) is 23.1 Å². The van der Waals surface area contributed by atoms with Crippen molar-refractivity contribution in [3.8, 4) is 0 Å². The highest BCUT2D eigenvalue weighted by atomic mass is 32.2. The molecule has 0 aliphatic carbocycles. The predicted molar refractivity (Wildman–Crippen MR) is 82.2 cm³/mol. The van der Waals surface area contributed by atoms with Crippen LogP contribution in [0, 0.1) is 0 Å². The molecular weight excluding hydrogens is 290 g/mol. The van der Waals surface area contributed by atoms with E-state index in [2.05, 4.69) is 5.32 Å². The number of carbonyl (C=O) groups is 1. The van der Waals surface area contributed by atoms with Crippen LogP contribution in [-0.2, 0) is 4.79 Å². The van der Waals surface area contributed by atoms with Crippen LogP contribution < -0.4 is 5.32 Å². The highest BCUT2D eigenvalue weighted by Gasteiger charge is 2.29. The average molecular weight is 305 g/mol. The molecule has 1 amide bonds. The maximum Gasteiger partial charge on any atom is 0.228 e. The first-order valence-electron chi connectivity index (χ1n) is 6.45. The van der Waals surface area contributed by atoms with Crippen molar-refractivity contribution in [2.45, 2.75) is 16.9 Å². The molecule has 2 unspecified atom stereocenters. The number of nitrogens with one attached hydrogen (secondary N) is 1. The molecule has 2 heterocycles. The normalized spacial score (nSPS) is 18.6. The lowest BCUT2D eigenvalue weighted by Crippen LogP contribution is -2.32. The average Bonchev–Trinajstić information content (AvgIpc) is 3.13. The molecule has 0 fully saturated rings. The van der Waals surface area contributed by atoms with Crippen LogP contribution in [0.4, 0.5) is 0 Å². The van der Waals surface area contributed by atoms with E-state index in [4.69, 9.17) is 0 Å². The lowest BCUT2D eigenvalue weighted by Gasteiger charge is -2.14. The number of hydrogen-bond acceptors (Lipinski definition) is 4. The number of aliphatic hydroxyl groups excluding tert-OH is 1. The molecule has 0 saturated carbocycles. The maximum absolute atomic E-state index is 12.2. The van der Waals surface area contributed by atoms with E-state index >= 15 is 0 Å². The molecule has 5 heteroatoms. The number of carbonyl (C=O) groups excluding carboxylic acids is 1. The Labute approximate surface area is 126 Å². The van der Waals surface area contributed by atoms with Gasteiger partial charge in [0.15, 0.2) is 0 Å². The number of amides is 1. The number of fused-ring (bicyclic) bond motifs is 1. The summed E-state index contributed by atoms with van der Waals surface area (Å²) >= 11 is 3.26. The molecule has 20 heavy (non-hydrogen) atoms. The van der Waals surface area contributed by atoms with Crippen molar-refractivity contribution < 1.29 is 9.90 Å². The van der Waals surface area contributed by atoms with E-state index in [0.717, 1.165) is 16.9 Å². The van der Waals surface area contributed by atoms with Crippen molar-refractivity contribution in [2.24, 2.45) is 0 Å². The minimum atomic E-state index is -0.630. The SMILES string of the molecule is O=C(NCC(O)c1ccsc1)C1CSc2ccccc21. The molecular formula is C15H15NO2S2. The van der Waals surface area contributed by atoms with Gasteiger partial charge in [0.2, 0.25) is 5.91 Å². The Balaban J connectivity index is 1.61. The van der Waals surface area contributed by atoms with Crippen LogP contribution in [0.5, 0.6) is 0 Å². The van der Waals surface area contributed by atoms with Gasteiger partial charge >= 0.3 is 0 Å². The molecule has 0 radical (unpaired) electrons. The van der Waals surface area contributed by atoms with E-state index in [0.29, 0.717) is 0 Å². The van der Waals surface area contributed by atoms with Gasteiger partial charge in [-0.3, -0.25) is 4.79 Å². The summed E-state index contributed by atoms with van der Waals surface area (Å²) in [4.78, 5) is 13.4. The molecule has 0 saturated heterocycles. The van der Waals surface area contributed by atoms with Gasteiger partial charge in [-0.15, -0.1) is 11.8 Å². The highest BCUT2D eigenvalue weighted by Crippen LogP contribution is 2.39. The lowest BCUT2D eigenvalue weighted by molar-refractivity contribution is -0.122. The van der Waals surface area contributed by atoms with Gasteiger partial charge in [-0.05, 0) is 34.0 Å². The number of rotatable bonds is 4. The minimum Gasteiger partial charge on any atom is -0.387 e. The second-order valence-corrected chi connectivity index (χ2v) is 6.56. The summed E-state index contributed by atoms with van der Waals surface area (Å²) in [5, 5.41) is 16.7. The molecule has 1 aromatic carbocycles. The van der Waals surface area contributed by atoms with Gasteiger partial charge in [0.25, 0.3) is 0 Å². The van der Waals surface area contributed by atoms with Crippen LogP contribution in [0.3, 0.4) is 0 Å². The smallest absolute Gasteiger partial charge is 0.228 e. The number of hydrogen-bond donors (Lipinski definition) is 2. The topological polar surface area (TPSA) is 49.3 Å². The second kappa shape index (κ2) is 5.99. The quantitative estimate of drug-likeness (QED) is 0.913.